The molecule has 248 valence electrons. The van der Waals surface area contributed by atoms with Gasteiger partial charge in [-0.05, 0) is 49.7 Å². The first-order valence-corrected chi connectivity index (χ1v) is 17.9. The summed E-state index contributed by atoms with van der Waals surface area (Å²) in [6.45, 7) is 3.02. The Bertz CT molecular complexity index is 811. The molecule has 2 rings (SSSR count). The third-order valence-corrected chi connectivity index (χ3v) is 8.58. The van der Waals surface area contributed by atoms with Crippen molar-refractivity contribution in [3.8, 4) is 0 Å². The summed E-state index contributed by atoms with van der Waals surface area (Å²) < 4.78 is 11.6. The van der Waals surface area contributed by atoms with Crippen LogP contribution < -0.4 is 0 Å². The summed E-state index contributed by atoms with van der Waals surface area (Å²) in [4.78, 5) is 0. The number of hydrogen-bond acceptors (Lipinski definition) is 4. The zero-order valence-electron chi connectivity index (χ0n) is 27.8. The summed E-state index contributed by atoms with van der Waals surface area (Å²) in [7, 11) is 0. The number of allylic oxidation sites excluding steroid dienone is 2. The van der Waals surface area contributed by atoms with Crippen LogP contribution in [0.15, 0.2) is 72.8 Å². The SMILES string of the molecule is OCC(CCCCCCCCC/C=C/CCCCCCCCCC(CO)COCc1ccccc1)COCc1ccccc1. The highest BCUT2D eigenvalue weighted by Gasteiger charge is 2.09. The summed E-state index contributed by atoms with van der Waals surface area (Å²) in [6, 6.07) is 20.5. The number of aliphatic hydroxyl groups excluding tert-OH is 2. The van der Waals surface area contributed by atoms with E-state index in [4.69, 9.17) is 9.47 Å². The number of hydrogen-bond donors (Lipinski definition) is 2. The van der Waals surface area contributed by atoms with Gasteiger partial charge in [0.15, 0.2) is 0 Å². The zero-order chi connectivity index (χ0) is 31.2. The van der Waals surface area contributed by atoms with E-state index in [1.807, 2.05) is 36.4 Å². The van der Waals surface area contributed by atoms with E-state index >= 15 is 0 Å². The van der Waals surface area contributed by atoms with Gasteiger partial charge in [0.25, 0.3) is 0 Å². The standard InChI is InChI=1S/C40H64O4/c41-31-39(35-43-33-37-25-21-17-22-26-37)29-19-15-13-11-9-7-5-3-1-2-4-6-8-10-12-14-16-20-30-40(32-42)36-44-34-38-27-23-18-24-28-38/h1-2,17-18,21-28,39-42H,3-16,19-20,29-36H2/b2-1+. The van der Waals surface area contributed by atoms with Crippen molar-refractivity contribution in [3.05, 3.63) is 83.9 Å². The molecule has 0 aliphatic carbocycles. The maximum Gasteiger partial charge on any atom is 0.0717 e. The van der Waals surface area contributed by atoms with Crippen LogP contribution in [0.2, 0.25) is 0 Å². The molecule has 0 fully saturated rings. The van der Waals surface area contributed by atoms with Crippen LogP contribution in [0.25, 0.3) is 0 Å². The first-order valence-electron chi connectivity index (χ1n) is 17.9. The van der Waals surface area contributed by atoms with Gasteiger partial charge in [-0.25, -0.2) is 0 Å². The van der Waals surface area contributed by atoms with Gasteiger partial charge in [-0.3, -0.25) is 0 Å². The molecular weight excluding hydrogens is 544 g/mol. The van der Waals surface area contributed by atoms with Gasteiger partial charge in [-0.15, -0.1) is 0 Å². The summed E-state index contributed by atoms with van der Waals surface area (Å²) in [5.41, 5.74) is 2.39. The minimum atomic E-state index is 0.225. The number of aliphatic hydroxyl groups is 2. The average Bonchev–Trinajstić information content (AvgIpc) is 3.06. The number of benzene rings is 2. The molecule has 0 radical (unpaired) electrons. The van der Waals surface area contributed by atoms with E-state index in [-0.39, 0.29) is 25.0 Å². The molecule has 0 saturated carbocycles. The topological polar surface area (TPSA) is 58.9 Å². The van der Waals surface area contributed by atoms with Crippen molar-refractivity contribution < 1.29 is 19.7 Å². The van der Waals surface area contributed by atoms with Gasteiger partial charge in [0.2, 0.25) is 0 Å². The lowest BCUT2D eigenvalue weighted by molar-refractivity contribution is 0.0584. The number of unbranched alkanes of at least 4 members (excludes halogenated alkanes) is 14. The van der Waals surface area contributed by atoms with Crippen LogP contribution in [0.1, 0.15) is 127 Å². The molecule has 0 heterocycles. The fourth-order valence-electron chi connectivity index (χ4n) is 5.68. The zero-order valence-corrected chi connectivity index (χ0v) is 27.8. The second-order valence-electron chi connectivity index (χ2n) is 12.7. The molecule has 4 nitrogen and oxygen atoms in total. The minimum Gasteiger partial charge on any atom is -0.396 e. The van der Waals surface area contributed by atoms with Gasteiger partial charge < -0.3 is 19.7 Å². The van der Waals surface area contributed by atoms with E-state index in [2.05, 4.69) is 36.4 Å². The van der Waals surface area contributed by atoms with E-state index in [0.29, 0.717) is 26.4 Å². The summed E-state index contributed by atoms with van der Waals surface area (Å²) in [5, 5.41) is 19.3. The Kier molecular flexibility index (Phi) is 24.7. The van der Waals surface area contributed by atoms with E-state index in [1.54, 1.807) is 0 Å². The maximum absolute atomic E-state index is 9.64. The molecule has 0 aliphatic rings. The van der Waals surface area contributed by atoms with Gasteiger partial charge in [-0.1, -0.05) is 150 Å². The van der Waals surface area contributed by atoms with E-state index in [9.17, 15) is 10.2 Å². The van der Waals surface area contributed by atoms with Gasteiger partial charge >= 0.3 is 0 Å². The van der Waals surface area contributed by atoms with Crippen LogP contribution in [0.5, 0.6) is 0 Å². The monoisotopic (exact) mass is 608 g/mol. The first kappa shape index (κ1) is 38.2. The van der Waals surface area contributed by atoms with Crippen molar-refractivity contribution in [3.63, 3.8) is 0 Å². The lowest BCUT2D eigenvalue weighted by Crippen LogP contribution is -2.14. The molecule has 0 aliphatic heterocycles. The molecular formula is C40H64O4. The fourth-order valence-corrected chi connectivity index (χ4v) is 5.68. The highest BCUT2D eigenvalue weighted by atomic mass is 16.5. The van der Waals surface area contributed by atoms with Crippen LogP contribution in [-0.4, -0.2) is 36.6 Å². The fraction of sp³-hybridized carbons (Fsp3) is 0.650. The molecule has 4 heteroatoms. The summed E-state index contributed by atoms with van der Waals surface area (Å²) >= 11 is 0. The average molecular weight is 609 g/mol. The molecule has 0 spiro atoms. The maximum atomic E-state index is 9.64. The number of rotatable bonds is 30. The third kappa shape index (κ3) is 21.7. The Morgan fingerprint density at radius 2 is 0.795 bits per heavy atom. The van der Waals surface area contributed by atoms with Crippen LogP contribution >= 0.6 is 0 Å². The van der Waals surface area contributed by atoms with Crippen molar-refractivity contribution in [1.29, 1.82) is 0 Å². The Morgan fingerprint density at radius 1 is 0.455 bits per heavy atom. The van der Waals surface area contributed by atoms with Crippen LogP contribution in [0.3, 0.4) is 0 Å². The van der Waals surface area contributed by atoms with Crippen LogP contribution in [-0.2, 0) is 22.7 Å². The van der Waals surface area contributed by atoms with Gasteiger partial charge in [-0.2, -0.15) is 0 Å². The predicted octanol–water partition coefficient (Wildman–Crippen LogP) is 10.2. The summed E-state index contributed by atoms with van der Waals surface area (Å²) in [5.74, 6) is 0.535. The Morgan fingerprint density at radius 3 is 1.16 bits per heavy atom. The normalized spacial score (nSPS) is 13.0. The van der Waals surface area contributed by atoms with Crippen molar-refractivity contribution in [2.45, 2.75) is 129 Å². The highest BCUT2D eigenvalue weighted by molar-refractivity contribution is 5.14. The third-order valence-electron chi connectivity index (χ3n) is 8.58. The molecule has 2 aromatic rings. The van der Waals surface area contributed by atoms with E-state index in [1.165, 1.54) is 114 Å². The van der Waals surface area contributed by atoms with Gasteiger partial charge in [0.05, 0.1) is 26.4 Å². The lowest BCUT2D eigenvalue weighted by Gasteiger charge is -2.14. The quantitative estimate of drug-likeness (QED) is 0.0684. The molecule has 0 saturated heterocycles. The van der Waals surface area contributed by atoms with Crippen LogP contribution in [0.4, 0.5) is 0 Å². The second-order valence-corrected chi connectivity index (χ2v) is 12.7. The Balaban J connectivity index is 1.27. The van der Waals surface area contributed by atoms with Gasteiger partial charge in [0.1, 0.15) is 0 Å². The Labute approximate surface area is 270 Å². The predicted molar refractivity (Wildman–Crippen MR) is 186 cm³/mol. The molecule has 2 N–H and O–H groups in total. The highest BCUT2D eigenvalue weighted by Crippen LogP contribution is 2.16. The number of ether oxygens (including phenoxy) is 2. The van der Waals surface area contributed by atoms with Crippen molar-refractivity contribution in [1.82, 2.24) is 0 Å². The molecule has 0 bridgehead atoms. The second kappa shape index (κ2) is 28.5. The van der Waals surface area contributed by atoms with Crippen molar-refractivity contribution in [2.75, 3.05) is 26.4 Å². The van der Waals surface area contributed by atoms with E-state index < -0.39 is 0 Å². The molecule has 2 unspecified atom stereocenters. The molecule has 2 aromatic carbocycles. The molecule has 0 aromatic heterocycles. The van der Waals surface area contributed by atoms with Crippen molar-refractivity contribution in [2.24, 2.45) is 11.8 Å². The Hall–Kier alpha value is -1.98. The van der Waals surface area contributed by atoms with Crippen molar-refractivity contribution >= 4 is 0 Å². The van der Waals surface area contributed by atoms with Gasteiger partial charge in [0, 0.05) is 25.0 Å². The molecule has 0 amide bonds. The van der Waals surface area contributed by atoms with E-state index in [0.717, 1.165) is 12.8 Å². The lowest BCUT2D eigenvalue weighted by atomic mass is 10.0. The van der Waals surface area contributed by atoms with Crippen LogP contribution in [0, 0.1) is 11.8 Å². The molecule has 2 atom stereocenters. The largest absolute Gasteiger partial charge is 0.396 e. The summed E-state index contributed by atoms with van der Waals surface area (Å²) in [6.07, 6.45) is 27.6. The minimum absolute atomic E-state index is 0.225. The smallest absolute Gasteiger partial charge is 0.0717 e. The first-order chi connectivity index (χ1) is 21.8. The molecule has 44 heavy (non-hydrogen) atoms.